The second kappa shape index (κ2) is 8.68. The minimum Gasteiger partial charge on any atom is -0.468 e. The van der Waals surface area contributed by atoms with Crippen LogP contribution < -0.4 is 5.32 Å². The second-order valence-electron chi connectivity index (χ2n) is 6.49. The van der Waals surface area contributed by atoms with E-state index in [0.717, 1.165) is 31.7 Å². The number of nitrogens with one attached hydrogen (secondary N) is 1. The van der Waals surface area contributed by atoms with Gasteiger partial charge in [0.1, 0.15) is 11.3 Å². The third kappa shape index (κ3) is 4.46. The van der Waals surface area contributed by atoms with Crippen LogP contribution in [0.25, 0.3) is 0 Å². The molecule has 144 valence electrons. The van der Waals surface area contributed by atoms with Gasteiger partial charge in [-0.3, -0.25) is 15.0 Å². The number of hydrogen-bond donors (Lipinski definition) is 1. The molecular weight excluding hydrogens is 350 g/mol. The molecule has 0 spiro atoms. The standard InChI is InChI=1S/C19H23N3O5/c1-26-19(23)15-12-14(7-8-16(15)22(24)25)20-13-17(18-6-5-11-27-18)21-9-3-2-4-10-21/h5-8,11-12,17,20H,2-4,9-10,13H2,1H3. The minimum atomic E-state index is -0.732. The van der Waals surface area contributed by atoms with Gasteiger partial charge in [-0.05, 0) is 50.2 Å². The van der Waals surface area contributed by atoms with Crippen LogP contribution in [0.1, 0.15) is 41.4 Å². The van der Waals surface area contributed by atoms with Gasteiger partial charge in [0.2, 0.25) is 0 Å². The number of piperidine rings is 1. The highest BCUT2D eigenvalue weighted by atomic mass is 16.6. The minimum absolute atomic E-state index is 0.0528. The maximum absolute atomic E-state index is 11.9. The summed E-state index contributed by atoms with van der Waals surface area (Å²) in [6, 6.07) is 8.25. The highest BCUT2D eigenvalue weighted by Gasteiger charge is 2.25. The fraction of sp³-hybridized carbons (Fsp3) is 0.421. The Morgan fingerprint density at radius 3 is 2.74 bits per heavy atom. The lowest BCUT2D eigenvalue weighted by molar-refractivity contribution is -0.385. The Morgan fingerprint density at radius 1 is 1.33 bits per heavy atom. The number of methoxy groups -OCH3 is 1. The third-order valence-electron chi connectivity index (χ3n) is 4.80. The van der Waals surface area contributed by atoms with E-state index in [1.165, 1.54) is 25.7 Å². The van der Waals surface area contributed by atoms with Gasteiger partial charge < -0.3 is 14.5 Å². The molecule has 8 heteroatoms. The number of nitrogens with zero attached hydrogens (tertiary/aromatic N) is 2. The predicted octanol–water partition coefficient (Wildman–Crippen LogP) is 3.61. The van der Waals surface area contributed by atoms with Gasteiger partial charge in [0.15, 0.2) is 0 Å². The maximum atomic E-state index is 11.9. The average molecular weight is 373 g/mol. The number of carbonyl (C=O) groups excluding carboxylic acids is 1. The Balaban J connectivity index is 1.78. The molecule has 8 nitrogen and oxygen atoms in total. The van der Waals surface area contributed by atoms with Gasteiger partial charge >= 0.3 is 5.97 Å². The number of hydrogen-bond acceptors (Lipinski definition) is 7. The Labute approximate surface area is 157 Å². The lowest BCUT2D eigenvalue weighted by Gasteiger charge is -2.33. The van der Waals surface area contributed by atoms with Crippen LogP contribution in [0.15, 0.2) is 41.0 Å². The number of furan rings is 1. The van der Waals surface area contributed by atoms with Gasteiger partial charge in [-0.1, -0.05) is 6.42 Å². The van der Waals surface area contributed by atoms with Crippen molar-refractivity contribution in [1.82, 2.24) is 4.90 Å². The number of esters is 1. The first-order valence-corrected chi connectivity index (χ1v) is 8.98. The number of anilines is 1. The molecule has 1 aliphatic rings. The van der Waals surface area contributed by atoms with Gasteiger partial charge in [-0.25, -0.2) is 4.79 Å². The number of ether oxygens (including phenoxy) is 1. The average Bonchev–Trinajstić information content (AvgIpc) is 3.22. The molecule has 1 aliphatic heterocycles. The number of carbonyl (C=O) groups is 1. The van der Waals surface area contributed by atoms with Crippen molar-refractivity contribution < 1.29 is 18.9 Å². The largest absolute Gasteiger partial charge is 0.468 e. The molecule has 27 heavy (non-hydrogen) atoms. The van der Waals surface area contributed by atoms with E-state index >= 15 is 0 Å². The summed E-state index contributed by atoms with van der Waals surface area (Å²) in [5.74, 6) is 0.142. The van der Waals surface area contributed by atoms with Crippen LogP contribution >= 0.6 is 0 Å². The molecule has 1 fully saturated rings. The van der Waals surface area contributed by atoms with Crippen molar-refractivity contribution in [3.05, 3.63) is 58.0 Å². The zero-order valence-electron chi connectivity index (χ0n) is 15.2. The topological polar surface area (TPSA) is 97.8 Å². The van der Waals surface area contributed by atoms with Gasteiger partial charge in [0, 0.05) is 18.3 Å². The molecule has 0 aliphatic carbocycles. The van der Waals surface area contributed by atoms with Gasteiger partial charge in [-0.15, -0.1) is 0 Å². The van der Waals surface area contributed by atoms with Crippen LogP contribution in [0.2, 0.25) is 0 Å². The molecule has 2 heterocycles. The third-order valence-corrected chi connectivity index (χ3v) is 4.80. The van der Waals surface area contributed by atoms with Crippen LogP contribution in [0.4, 0.5) is 11.4 Å². The first-order valence-electron chi connectivity index (χ1n) is 8.98. The molecule has 0 radical (unpaired) electrons. The molecule has 1 atom stereocenters. The fourth-order valence-electron chi connectivity index (χ4n) is 3.41. The lowest BCUT2D eigenvalue weighted by atomic mass is 10.1. The van der Waals surface area contributed by atoms with Crippen molar-refractivity contribution in [1.29, 1.82) is 0 Å². The van der Waals surface area contributed by atoms with Crippen LogP contribution in [0.5, 0.6) is 0 Å². The van der Waals surface area contributed by atoms with Crippen molar-refractivity contribution in [2.45, 2.75) is 25.3 Å². The maximum Gasteiger partial charge on any atom is 0.344 e. The van der Waals surface area contributed by atoms with E-state index in [-0.39, 0.29) is 17.3 Å². The Bertz CT molecular complexity index is 785. The summed E-state index contributed by atoms with van der Waals surface area (Å²) in [4.78, 5) is 24.8. The van der Waals surface area contributed by atoms with Crippen molar-refractivity contribution in [3.63, 3.8) is 0 Å². The van der Waals surface area contributed by atoms with Gasteiger partial charge in [0.25, 0.3) is 5.69 Å². The fourth-order valence-corrected chi connectivity index (χ4v) is 3.41. The van der Waals surface area contributed by atoms with E-state index in [0.29, 0.717) is 12.2 Å². The summed E-state index contributed by atoms with van der Waals surface area (Å²) in [7, 11) is 1.20. The summed E-state index contributed by atoms with van der Waals surface area (Å²) in [5, 5.41) is 14.4. The van der Waals surface area contributed by atoms with E-state index < -0.39 is 10.9 Å². The normalized spacial score (nSPS) is 15.9. The van der Waals surface area contributed by atoms with E-state index in [4.69, 9.17) is 4.42 Å². The zero-order valence-corrected chi connectivity index (χ0v) is 15.2. The number of benzene rings is 1. The highest BCUT2D eigenvalue weighted by Crippen LogP contribution is 2.27. The molecule has 1 aromatic carbocycles. The molecule has 0 amide bonds. The number of rotatable bonds is 7. The van der Waals surface area contributed by atoms with Crippen LogP contribution in [0.3, 0.4) is 0 Å². The number of nitro benzene ring substituents is 1. The van der Waals surface area contributed by atoms with Crippen LogP contribution in [0, 0.1) is 10.1 Å². The summed E-state index contributed by atoms with van der Waals surface area (Å²) in [6.07, 6.45) is 5.20. The molecule has 2 aromatic rings. The molecule has 0 bridgehead atoms. The smallest absolute Gasteiger partial charge is 0.344 e. The van der Waals surface area contributed by atoms with E-state index in [1.807, 2.05) is 12.1 Å². The van der Waals surface area contributed by atoms with E-state index in [1.54, 1.807) is 12.3 Å². The van der Waals surface area contributed by atoms with E-state index in [2.05, 4.69) is 15.0 Å². The van der Waals surface area contributed by atoms with Crippen molar-refractivity contribution in [3.8, 4) is 0 Å². The summed E-state index contributed by atoms with van der Waals surface area (Å²) >= 11 is 0. The monoisotopic (exact) mass is 373 g/mol. The molecule has 1 aromatic heterocycles. The molecule has 1 unspecified atom stereocenters. The molecule has 1 N–H and O–H groups in total. The predicted molar refractivity (Wildman–Crippen MR) is 99.8 cm³/mol. The van der Waals surface area contributed by atoms with Crippen LogP contribution in [-0.2, 0) is 4.74 Å². The SMILES string of the molecule is COC(=O)c1cc(NCC(c2ccco2)N2CCCCC2)ccc1[N+](=O)[O-]. The second-order valence-corrected chi connectivity index (χ2v) is 6.49. The van der Waals surface area contributed by atoms with E-state index in [9.17, 15) is 14.9 Å². The van der Waals surface area contributed by atoms with Gasteiger partial charge in [-0.2, -0.15) is 0 Å². The van der Waals surface area contributed by atoms with Gasteiger partial charge in [0.05, 0.1) is 24.3 Å². The molecule has 0 saturated carbocycles. The Morgan fingerprint density at radius 2 is 2.11 bits per heavy atom. The summed E-state index contributed by atoms with van der Waals surface area (Å²) in [5.41, 5.74) is 0.278. The Kier molecular flexibility index (Phi) is 6.08. The van der Waals surface area contributed by atoms with Crippen molar-refractivity contribution in [2.75, 3.05) is 32.1 Å². The Hall–Kier alpha value is -2.87. The summed E-state index contributed by atoms with van der Waals surface area (Å²) in [6.45, 7) is 2.56. The lowest BCUT2D eigenvalue weighted by Crippen LogP contribution is -2.37. The zero-order chi connectivity index (χ0) is 19.2. The molecule has 3 rings (SSSR count). The number of nitro groups is 1. The first-order chi connectivity index (χ1) is 13.1. The molecule has 1 saturated heterocycles. The highest BCUT2D eigenvalue weighted by molar-refractivity contribution is 5.95. The quantitative estimate of drug-likeness (QED) is 0.450. The van der Waals surface area contributed by atoms with Crippen molar-refractivity contribution >= 4 is 17.3 Å². The molecular formula is C19H23N3O5. The number of likely N-dealkylation sites (tertiary alicyclic amines) is 1. The first kappa shape index (κ1) is 18.9. The summed E-state index contributed by atoms with van der Waals surface area (Å²) < 4.78 is 10.3. The van der Waals surface area contributed by atoms with Crippen LogP contribution in [-0.4, -0.2) is 42.5 Å². The van der Waals surface area contributed by atoms with Crippen molar-refractivity contribution in [2.24, 2.45) is 0 Å².